The van der Waals surface area contributed by atoms with Gasteiger partial charge in [-0.1, -0.05) is 48.5 Å². The smallest absolute Gasteiger partial charge is 0.250 e. The molecule has 3 N–H and O–H groups in total. The van der Waals surface area contributed by atoms with Crippen molar-refractivity contribution in [3.63, 3.8) is 0 Å². The van der Waals surface area contributed by atoms with E-state index in [9.17, 15) is 14.4 Å². The number of anilines is 1. The van der Waals surface area contributed by atoms with E-state index in [4.69, 9.17) is 4.74 Å². The molecule has 0 bridgehead atoms. The highest BCUT2D eigenvalue weighted by atomic mass is 16.5. The lowest BCUT2D eigenvalue weighted by atomic mass is 9.76. The molecule has 2 unspecified atom stereocenters. The van der Waals surface area contributed by atoms with Crippen LogP contribution in [0.15, 0.2) is 79.0 Å². The van der Waals surface area contributed by atoms with Crippen molar-refractivity contribution in [1.29, 1.82) is 0 Å². The molecule has 2 saturated heterocycles. The first-order valence-corrected chi connectivity index (χ1v) is 12.7. The van der Waals surface area contributed by atoms with Crippen LogP contribution in [-0.4, -0.2) is 40.8 Å². The van der Waals surface area contributed by atoms with E-state index in [0.717, 1.165) is 22.0 Å². The van der Waals surface area contributed by atoms with E-state index in [2.05, 4.69) is 15.6 Å². The molecule has 3 aliphatic heterocycles. The summed E-state index contributed by atoms with van der Waals surface area (Å²) in [5.41, 5.74) is 2.94. The summed E-state index contributed by atoms with van der Waals surface area (Å²) in [6.45, 7) is 0.147. The van der Waals surface area contributed by atoms with Crippen LogP contribution in [0.3, 0.4) is 0 Å². The quantitative estimate of drug-likeness (QED) is 0.360. The molecule has 3 aromatic carbocycles. The molecular weight excluding hydrogens is 480 g/mol. The summed E-state index contributed by atoms with van der Waals surface area (Å²) in [4.78, 5) is 46.3. The van der Waals surface area contributed by atoms with Crippen LogP contribution in [-0.2, 0) is 32.9 Å². The molecule has 2 fully saturated rings. The summed E-state index contributed by atoms with van der Waals surface area (Å²) in [7, 11) is 1.59. The van der Waals surface area contributed by atoms with E-state index in [1.54, 1.807) is 7.11 Å². The molecule has 0 radical (unpaired) electrons. The van der Waals surface area contributed by atoms with Gasteiger partial charge in [-0.2, -0.15) is 0 Å². The number of rotatable bonds is 5. The number of amides is 3. The first-order chi connectivity index (χ1) is 18.5. The number of hydrogen-bond donors (Lipinski definition) is 3. The Hall–Kier alpha value is -4.43. The summed E-state index contributed by atoms with van der Waals surface area (Å²) in [5, 5.41) is 7.55. The highest BCUT2D eigenvalue weighted by molar-refractivity contribution is 6.15. The Bertz CT molecular complexity index is 1610. The number of carbonyl (C=O) groups is 3. The minimum Gasteiger partial charge on any atom is -0.497 e. The highest BCUT2D eigenvalue weighted by Crippen LogP contribution is 2.53. The zero-order valence-corrected chi connectivity index (χ0v) is 20.7. The van der Waals surface area contributed by atoms with Crippen LogP contribution in [0.1, 0.15) is 16.7 Å². The number of benzene rings is 3. The molecule has 4 aromatic rings. The van der Waals surface area contributed by atoms with Crippen LogP contribution >= 0.6 is 0 Å². The minimum absolute atomic E-state index is 0.147. The molecule has 8 nitrogen and oxygen atoms in total. The first kappa shape index (κ1) is 22.7. The van der Waals surface area contributed by atoms with Gasteiger partial charge >= 0.3 is 0 Å². The molecular formula is C30H26N4O4. The second-order valence-corrected chi connectivity index (χ2v) is 10.2. The fourth-order valence-electron chi connectivity index (χ4n) is 6.60. The molecule has 7 rings (SSSR count). The zero-order chi connectivity index (χ0) is 26.0. The second-order valence-electron chi connectivity index (χ2n) is 10.2. The Morgan fingerprint density at radius 2 is 1.68 bits per heavy atom. The van der Waals surface area contributed by atoms with Crippen molar-refractivity contribution in [2.24, 2.45) is 11.8 Å². The first-order valence-electron chi connectivity index (χ1n) is 12.7. The number of nitrogens with one attached hydrogen (secondary N) is 3. The normalized spacial score (nSPS) is 25.8. The monoisotopic (exact) mass is 506 g/mol. The number of fused-ring (bicyclic) bond motifs is 5. The Morgan fingerprint density at radius 1 is 0.921 bits per heavy atom. The average Bonchev–Trinajstić information content (AvgIpc) is 3.65. The molecule has 4 heterocycles. The van der Waals surface area contributed by atoms with Crippen LogP contribution in [0, 0.1) is 11.8 Å². The molecule has 8 heteroatoms. The summed E-state index contributed by atoms with van der Waals surface area (Å²) in [6, 6.07) is 22.3. The van der Waals surface area contributed by atoms with E-state index in [1.807, 2.05) is 79.0 Å². The maximum atomic E-state index is 14.1. The van der Waals surface area contributed by atoms with Crippen LogP contribution in [0.2, 0.25) is 0 Å². The number of carbonyl (C=O) groups excluding carboxylic acids is 3. The third kappa shape index (κ3) is 3.10. The van der Waals surface area contributed by atoms with Crippen LogP contribution in [0.4, 0.5) is 5.69 Å². The van der Waals surface area contributed by atoms with Crippen molar-refractivity contribution in [2.45, 2.75) is 24.5 Å². The molecule has 3 amide bonds. The number of ether oxygens (including phenoxy) is 1. The Morgan fingerprint density at radius 3 is 2.50 bits per heavy atom. The third-order valence-electron chi connectivity index (χ3n) is 8.33. The van der Waals surface area contributed by atoms with Crippen molar-refractivity contribution in [3.05, 3.63) is 95.7 Å². The topological polar surface area (TPSA) is 104 Å². The fourth-order valence-corrected chi connectivity index (χ4v) is 6.60. The van der Waals surface area contributed by atoms with Gasteiger partial charge in [0.15, 0.2) is 0 Å². The summed E-state index contributed by atoms with van der Waals surface area (Å²) < 4.78 is 5.24. The SMILES string of the molecule is COc1ccc(CN2C(=O)[C@@H]3C(Cc4c[nH]c5ccccc45)NC4(C(=O)Nc5ccccc54)[C@@H]3C2=O)cc1. The molecule has 1 aromatic heterocycles. The number of imide groups is 1. The number of aromatic nitrogens is 1. The van der Waals surface area contributed by atoms with Gasteiger partial charge in [0.25, 0.3) is 0 Å². The number of nitrogens with zero attached hydrogens (tertiary/aromatic N) is 1. The van der Waals surface area contributed by atoms with Gasteiger partial charge in [-0.3, -0.25) is 24.6 Å². The van der Waals surface area contributed by atoms with E-state index in [1.165, 1.54) is 4.90 Å². The van der Waals surface area contributed by atoms with Crippen LogP contribution < -0.4 is 15.4 Å². The maximum Gasteiger partial charge on any atom is 0.250 e. The summed E-state index contributed by atoms with van der Waals surface area (Å²) in [6.07, 6.45) is 2.45. The lowest BCUT2D eigenvalue weighted by Gasteiger charge is -2.29. The van der Waals surface area contributed by atoms with Gasteiger partial charge in [-0.05, 0) is 41.8 Å². The zero-order valence-electron chi connectivity index (χ0n) is 20.7. The largest absolute Gasteiger partial charge is 0.497 e. The summed E-state index contributed by atoms with van der Waals surface area (Å²) in [5.74, 6) is -1.68. The number of H-pyrrole nitrogens is 1. The predicted molar refractivity (Wildman–Crippen MR) is 141 cm³/mol. The minimum atomic E-state index is -1.31. The van der Waals surface area contributed by atoms with Crippen LogP contribution in [0.25, 0.3) is 10.9 Å². The number of likely N-dealkylation sites (tertiary alicyclic amines) is 1. The van der Waals surface area contributed by atoms with Crippen molar-refractivity contribution >= 4 is 34.3 Å². The lowest BCUT2D eigenvalue weighted by Crippen LogP contribution is -2.53. The number of para-hydroxylation sites is 2. The van der Waals surface area contributed by atoms with Crippen LogP contribution in [0.5, 0.6) is 5.75 Å². The average molecular weight is 507 g/mol. The molecule has 0 saturated carbocycles. The van der Waals surface area contributed by atoms with E-state index < -0.39 is 23.4 Å². The van der Waals surface area contributed by atoms with Crippen molar-refractivity contribution in [1.82, 2.24) is 15.2 Å². The Labute approximate surface area is 219 Å². The van der Waals surface area contributed by atoms with Crippen molar-refractivity contribution in [2.75, 3.05) is 12.4 Å². The molecule has 0 aliphatic carbocycles. The van der Waals surface area contributed by atoms with Gasteiger partial charge in [0.2, 0.25) is 17.7 Å². The van der Waals surface area contributed by atoms with Gasteiger partial charge < -0.3 is 15.0 Å². The third-order valence-corrected chi connectivity index (χ3v) is 8.33. The van der Waals surface area contributed by atoms with E-state index in [0.29, 0.717) is 23.4 Å². The van der Waals surface area contributed by atoms with E-state index >= 15 is 0 Å². The molecule has 38 heavy (non-hydrogen) atoms. The molecule has 4 atom stereocenters. The van der Waals surface area contributed by atoms with Gasteiger partial charge in [0, 0.05) is 34.4 Å². The lowest BCUT2D eigenvalue weighted by molar-refractivity contribution is -0.143. The molecule has 3 aliphatic rings. The van der Waals surface area contributed by atoms with Gasteiger partial charge in [-0.15, -0.1) is 0 Å². The van der Waals surface area contributed by atoms with E-state index in [-0.39, 0.29) is 24.3 Å². The molecule has 190 valence electrons. The number of methoxy groups -OCH3 is 1. The number of aromatic amines is 1. The second kappa shape index (κ2) is 8.29. The highest BCUT2D eigenvalue weighted by Gasteiger charge is 2.70. The Kier molecular flexibility index (Phi) is 4.96. The van der Waals surface area contributed by atoms with Crippen molar-refractivity contribution < 1.29 is 19.1 Å². The van der Waals surface area contributed by atoms with Gasteiger partial charge in [-0.25, -0.2) is 0 Å². The molecule has 1 spiro atoms. The van der Waals surface area contributed by atoms with Crippen molar-refractivity contribution in [3.8, 4) is 5.75 Å². The maximum absolute atomic E-state index is 14.1. The standard InChI is InChI=1S/C30H26N4O4/c1-38-19-12-10-17(11-13-19)16-34-27(35)25-24(14-18-15-31-22-8-4-2-6-20(18)22)33-30(26(25)28(34)36)21-7-3-5-9-23(21)32-29(30)37/h2-13,15,24-26,31,33H,14,16H2,1H3,(H,32,37)/t24?,25-,26+,30?/m1/s1. The predicted octanol–water partition coefficient (Wildman–Crippen LogP) is 3.34. The van der Waals surface area contributed by atoms with Gasteiger partial charge in [0.1, 0.15) is 11.3 Å². The van der Waals surface area contributed by atoms with Gasteiger partial charge in [0.05, 0.1) is 25.5 Å². The fraction of sp³-hybridized carbons (Fsp3) is 0.233. The Balaban J connectivity index is 1.31. The summed E-state index contributed by atoms with van der Waals surface area (Å²) >= 11 is 0. The number of hydrogen-bond acceptors (Lipinski definition) is 5.